The predicted octanol–water partition coefficient (Wildman–Crippen LogP) is 3.82. The highest BCUT2D eigenvalue weighted by molar-refractivity contribution is 7.99. The number of nitrogens with one attached hydrogen (secondary N) is 1. The molecule has 0 unspecified atom stereocenters. The summed E-state index contributed by atoms with van der Waals surface area (Å²) in [5.74, 6) is 0.204. The van der Waals surface area contributed by atoms with E-state index in [-0.39, 0.29) is 22.7 Å². The minimum atomic E-state index is -3.56. The van der Waals surface area contributed by atoms with Crippen molar-refractivity contribution in [3.8, 4) is 0 Å². The van der Waals surface area contributed by atoms with Gasteiger partial charge in [-0.15, -0.1) is 11.8 Å². The summed E-state index contributed by atoms with van der Waals surface area (Å²) in [4.78, 5) is 13.8. The fourth-order valence-corrected chi connectivity index (χ4v) is 5.81. The van der Waals surface area contributed by atoms with E-state index in [0.717, 1.165) is 16.2 Å². The quantitative estimate of drug-likeness (QED) is 0.769. The molecule has 1 aliphatic heterocycles. The number of nitrogens with zero attached hydrogens (tertiary/aromatic N) is 1. The number of thioether (sulfide) groups is 1. The summed E-state index contributed by atoms with van der Waals surface area (Å²) < 4.78 is 40.1. The molecular weight excluding hydrogens is 399 g/mol. The van der Waals surface area contributed by atoms with Gasteiger partial charge in [-0.3, -0.25) is 4.79 Å². The standard InChI is InChI=1S/C20H23FN2O3S2/c1-3-23(4-2)28(25,26)16-8-5-14(6-9-16)20(24)22-18-11-12-27-19-10-7-15(21)13-17(18)19/h5-10,13,18H,3-4,11-12H2,1-2H3,(H,22,24)/t18-/m0/s1. The first-order valence-corrected chi connectivity index (χ1v) is 11.6. The lowest BCUT2D eigenvalue weighted by atomic mass is 10.0. The Morgan fingerprint density at radius 1 is 1.18 bits per heavy atom. The number of carbonyl (C=O) groups excluding carboxylic acids is 1. The van der Waals surface area contributed by atoms with Gasteiger partial charge in [0.25, 0.3) is 5.91 Å². The van der Waals surface area contributed by atoms with Gasteiger partial charge in [0.15, 0.2) is 0 Å². The second-order valence-electron chi connectivity index (χ2n) is 6.46. The van der Waals surface area contributed by atoms with Crippen molar-refractivity contribution in [1.82, 2.24) is 9.62 Å². The Morgan fingerprint density at radius 2 is 1.86 bits per heavy atom. The van der Waals surface area contributed by atoms with Crippen LogP contribution in [0.15, 0.2) is 52.3 Å². The monoisotopic (exact) mass is 422 g/mol. The molecule has 1 aliphatic rings. The van der Waals surface area contributed by atoms with Gasteiger partial charge < -0.3 is 5.32 Å². The van der Waals surface area contributed by atoms with Gasteiger partial charge in [0.2, 0.25) is 10.0 Å². The van der Waals surface area contributed by atoms with Crippen molar-refractivity contribution in [2.45, 2.75) is 36.1 Å². The number of carbonyl (C=O) groups is 1. The van der Waals surface area contributed by atoms with E-state index in [0.29, 0.717) is 25.1 Å². The molecule has 0 radical (unpaired) electrons. The van der Waals surface area contributed by atoms with Crippen LogP contribution in [0.2, 0.25) is 0 Å². The lowest BCUT2D eigenvalue weighted by Crippen LogP contribution is -2.31. The van der Waals surface area contributed by atoms with Crippen molar-refractivity contribution in [1.29, 1.82) is 0 Å². The van der Waals surface area contributed by atoms with Crippen LogP contribution in [-0.4, -0.2) is 37.5 Å². The SMILES string of the molecule is CCN(CC)S(=O)(=O)c1ccc(C(=O)N[C@H]2CCSc3ccc(F)cc32)cc1. The number of amides is 1. The van der Waals surface area contributed by atoms with Crippen LogP contribution < -0.4 is 5.32 Å². The summed E-state index contributed by atoms with van der Waals surface area (Å²) in [5.41, 5.74) is 1.15. The zero-order chi connectivity index (χ0) is 20.3. The molecule has 150 valence electrons. The molecule has 0 spiro atoms. The van der Waals surface area contributed by atoms with Crippen LogP contribution in [0.25, 0.3) is 0 Å². The van der Waals surface area contributed by atoms with Crippen molar-refractivity contribution in [2.75, 3.05) is 18.8 Å². The highest BCUT2D eigenvalue weighted by Crippen LogP contribution is 2.36. The summed E-state index contributed by atoms with van der Waals surface area (Å²) in [5, 5.41) is 2.94. The van der Waals surface area contributed by atoms with Gasteiger partial charge in [0.05, 0.1) is 10.9 Å². The molecule has 28 heavy (non-hydrogen) atoms. The van der Waals surface area contributed by atoms with Crippen LogP contribution in [0.3, 0.4) is 0 Å². The Balaban J connectivity index is 1.77. The second-order valence-corrected chi connectivity index (χ2v) is 9.53. The highest BCUT2D eigenvalue weighted by atomic mass is 32.2. The number of rotatable bonds is 6. The number of fused-ring (bicyclic) bond motifs is 1. The maximum atomic E-state index is 13.6. The summed E-state index contributed by atoms with van der Waals surface area (Å²) in [7, 11) is -3.56. The molecule has 8 heteroatoms. The molecule has 0 aliphatic carbocycles. The fourth-order valence-electron chi connectivity index (χ4n) is 3.25. The molecular formula is C20H23FN2O3S2. The molecule has 0 saturated carbocycles. The molecule has 1 atom stereocenters. The molecule has 0 aromatic heterocycles. The number of hydrogen-bond acceptors (Lipinski definition) is 4. The summed E-state index contributed by atoms with van der Waals surface area (Å²) in [6, 6.07) is 10.3. The topological polar surface area (TPSA) is 66.5 Å². The van der Waals surface area contributed by atoms with E-state index in [1.165, 1.54) is 40.7 Å². The van der Waals surface area contributed by atoms with E-state index in [4.69, 9.17) is 0 Å². The van der Waals surface area contributed by atoms with E-state index in [2.05, 4.69) is 5.32 Å². The minimum absolute atomic E-state index is 0.161. The molecule has 1 N–H and O–H groups in total. The molecule has 5 nitrogen and oxygen atoms in total. The van der Waals surface area contributed by atoms with E-state index in [1.54, 1.807) is 31.7 Å². The summed E-state index contributed by atoms with van der Waals surface area (Å²) in [6.45, 7) is 4.34. The molecule has 0 fully saturated rings. The Labute approximate surface area is 169 Å². The van der Waals surface area contributed by atoms with E-state index < -0.39 is 10.0 Å². The zero-order valence-electron chi connectivity index (χ0n) is 15.8. The molecule has 0 saturated heterocycles. The third kappa shape index (κ3) is 4.24. The van der Waals surface area contributed by atoms with Crippen LogP contribution in [0, 0.1) is 5.82 Å². The van der Waals surface area contributed by atoms with Crippen LogP contribution in [0.1, 0.15) is 42.2 Å². The van der Waals surface area contributed by atoms with E-state index in [9.17, 15) is 17.6 Å². The first kappa shape index (κ1) is 20.8. The van der Waals surface area contributed by atoms with Crippen LogP contribution in [-0.2, 0) is 10.0 Å². The molecule has 1 heterocycles. The van der Waals surface area contributed by atoms with Gasteiger partial charge in [-0.1, -0.05) is 13.8 Å². The molecule has 3 rings (SSSR count). The summed E-state index contributed by atoms with van der Waals surface area (Å²) >= 11 is 1.65. The molecule has 2 aromatic carbocycles. The van der Waals surface area contributed by atoms with Crippen molar-refractivity contribution < 1.29 is 17.6 Å². The maximum absolute atomic E-state index is 13.6. The van der Waals surface area contributed by atoms with Gasteiger partial charge in [-0.2, -0.15) is 4.31 Å². The minimum Gasteiger partial charge on any atom is -0.345 e. The smallest absolute Gasteiger partial charge is 0.251 e. The zero-order valence-corrected chi connectivity index (χ0v) is 17.4. The van der Waals surface area contributed by atoms with E-state index in [1.807, 2.05) is 0 Å². The van der Waals surface area contributed by atoms with Crippen molar-refractivity contribution in [3.63, 3.8) is 0 Å². The molecule has 1 amide bonds. The third-order valence-corrected chi connectivity index (χ3v) is 7.96. The maximum Gasteiger partial charge on any atom is 0.251 e. The largest absolute Gasteiger partial charge is 0.345 e. The average molecular weight is 423 g/mol. The lowest BCUT2D eigenvalue weighted by Gasteiger charge is -2.26. The van der Waals surface area contributed by atoms with Crippen LogP contribution >= 0.6 is 11.8 Å². The number of sulfonamides is 1. The molecule has 2 aromatic rings. The van der Waals surface area contributed by atoms with Crippen LogP contribution in [0.4, 0.5) is 4.39 Å². The first-order chi connectivity index (χ1) is 13.4. The van der Waals surface area contributed by atoms with E-state index >= 15 is 0 Å². The van der Waals surface area contributed by atoms with Crippen molar-refractivity contribution in [3.05, 3.63) is 59.4 Å². The summed E-state index contributed by atoms with van der Waals surface area (Å²) in [6.07, 6.45) is 0.710. The lowest BCUT2D eigenvalue weighted by molar-refractivity contribution is 0.0934. The first-order valence-electron chi connectivity index (χ1n) is 9.20. The highest BCUT2D eigenvalue weighted by Gasteiger charge is 2.25. The third-order valence-electron chi connectivity index (χ3n) is 4.78. The van der Waals surface area contributed by atoms with Gasteiger partial charge in [0, 0.05) is 29.3 Å². The number of hydrogen-bond donors (Lipinski definition) is 1. The Hall–Kier alpha value is -1.90. The second kappa shape index (κ2) is 8.63. The van der Waals surface area contributed by atoms with Gasteiger partial charge in [-0.25, -0.2) is 12.8 Å². The molecule has 0 bridgehead atoms. The predicted molar refractivity (Wildman–Crippen MR) is 108 cm³/mol. The van der Waals surface area contributed by atoms with Gasteiger partial charge in [-0.05, 0) is 54.4 Å². The fraction of sp³-hybridized carbons (Fsp3) is 0.350. The van der Waals surface area contributed by atoms with Gasteiger partial charge in [0.1, 0.15) is 5.82 Å². The average Bonchev–Trinajstić information content (AvgIpc) is 2.69. The van der Waals surface area contributed by atoms with Crippen molar-refractivity contribution >= 4 is 27.7 Å². The normalized spacial score (nSPS) is 16.6. The van der Waals surface area contributed by atoms with Crippen molar-refractivity contribution in [2.24, 2.45) is 0 Å². The van der Waals surface area contributed by atoms with Gasteiger partial charge >= 0.3 is 0 Å². The Kier molecular flexibility index (Phi) is 6.42. The Bertz CT molecular complexity index is 958. The number of benzene rings is 2. The van der Waals surface area contributed by atoms with Crippen LogP contribution in [0.5, 0.6) is 0 Å². The number of halogens is 1. The Morgan fingerprint density at radius 3 is 2.50 bits per heavy atom.